The molecule has 24 heavy (non-hydrogen) atoms. The molecule has 3 unspecified atom stereocenters. The molecule has 4 heteroatoms. The summed E-state index contributed by atoms with van der Waals surface area (Å²) in [5.41, 5.74) is 3.21. The average Bonchev–Trinajstić information content (AvgIpc) is 2.95. The molecule has 3 heterocycles. The second kappa shape index (κ2) is 5.35. The van der Waals surface area contributed by atoms with Crippen LogP contribution < -0.4 is 0 Å². The van der Waals surface area contributed by atoms with Crippen molar-refractivity contribution < 1.29 is 9.90 Å². The second-order valence-electron chi connectivity index (χ2n) is 7.80. The Bertz CT molecular complexity index is 809. The summed E-state index contributed by atoms with van der Waals surface area (Å²) in [6.45, 7) is 2.24. The average molecular weight is 324 g/mol. The maximum absolute atomic E-state index is 12.0. The fourth-order valence-electron chi connectivity index (χ4n) is 5.63. The van der Waals surface area contributed by atoms with Gasteiger partial charge >= 0.3 is 6.09 Å². The molecule has 1 aromatic heterocycles. The summed E-state index contributed by atoms with van der Waals surface area (Å²) in [5, 5.41) is 11.0. The predicted molar refractivity (Wildman–Crippen MR) is 93.4 cm³/mol. The number of aromatic nitrogens is 1. The van der Waals surface area contributed by atoms with Crippen molar-refractivity contribution in [1.29, 1.82) is 0 Å². The van der Waals surface area contributed by atoms with Crippen molar-refractivity contribution in [2.75, 3.05) is 13.1 Å². The summed E-state index contributed by atoms with van der Waals surface area (Å²) in [5.74, 6) is 1.62. The largest absolute Gasteiger partial charge is 0.464 e. The van der Waals surface area contributed by atoms with Crippen LogP contribution in [0.4, 0.5) is 4.79 Å². The van der Waals surface area contributed by atoms with E-state index >= 15 is 0 Å². The van der Waals surface area contributed by atoms with Crippen molar-refractivity contribution in [3.05, 3.63) is 35.5 Å². The van der Waals surface area contributed by atoms with Gasteiger partial charge in [0.15, 0.2) is 0 Å². The van der Waals surface area contributed by atoms with E-state index in [0.717, 1.165) is 54.4 Å². The molecule has 5 rings (SSSR count). The molecule has 126 valence electrons. The van der Waals surface area contributed by atoms with E-state index in [1.165, 1.54) is 31.2 Å². The van der Waals surface area contributed by atoms with E-state index in [0.29, 0.717) is 0 Å². The zero-order valence-electron chi connectivity index (χ0n) is 13.9. The van der Waals surface area contributed by atoms with Crippen molar-refractivity contribution in [3.63, 3.8) is 0 Å². The molecule has 2 fully saturated rings. The topological polar surface area (TPSA) is 45.5 Å². The third kappa shape index (κ3) is 1.99. The van der Waals surface area contributed by atoms with E-state index in [-0.39, 0.29) is 6.04 Å². The van der Waals surface area contributed by atoms with Crippen LogP contribution in [0.2, 0.25) is 0 Å². The van der Waals surface area contributed by atoms with Crippen LogP contribution in [0.3, 0.4) is 0 Å². The van der Waals surface area contributed by atoms with Gasteiger partial charge in [0.2, 0.25) is 0 Å². The fraction of sp³-hybridized carbons (Fsp3) is 0.550. The standard InChI is InChI=1S/C20H24N2O2/c23-20(24)22-17-8-4-3-7-15(17)16-9-10-21-12-14-6-2-1-5-13(14)11-18(21)19(16)22/h3-4,7-8,13-14,18H,1-2,5-6,9-12H2,(H,23,24). The van der Waals surface area contributed by atoms with Crippen molar-refractivity contribution in [1.82, 2.24) is 9.47 Å². The monoisotopic (exact) mass is 324 g/mol. The van der Waals surface area contributed by atoms with Crippen LogP contribution in [-0.2, 0) is 6.42 Å². The van der Waals surface area contributed by atoms with Gasteiger partial charge in [0.05, 0.1) is 17.3 Å². The number of carboxylic acid groups (broad SMARTS) is 1. The lowest BCUT2D eigenvalue weighted by atomic mass is 9.71. The highest BCUT2D eigenvalue weighted by Crippen LogP contribution is 2.47. The number of nitrogens with zero attached hydrogens (tertiary/aromatic N) is 2. The number of hydrogen-bond acceptors (Lipinski definition) is 2. The number of hydrogen-bond donors (Lipinski definition) is 1. The lowest BCUT2D eigenvalue weighted by Gasteiger charge is -2.48. The number of para-hydroxylation sites is 1. The van der Waals surface area contributed by atoms with Gasteiger partial charge in [0, 0.05) is 18.5 Å². The van der Waals surface area contributed by atoms with Gasteiger partial charge in [0.25, 0.3) is 0 Å². The Morgan fingerprint density at radius 3 is 2.75 bits per heavy atom. The Kier molecular flexibility index (Phi) is 3.24. The highest BCUT2D eigenvalue weighted by molar-refractivity contribution is 5.93. The molecule has 3 atom stereocenters. The predicted octanol–water partition coefficient (Wildman–Crippen LogP) is 4.28. The summed E-state index contributed by atoms with van der Waals surface area (Å²) in [7, 11) is 0. The molecule has 2 aliphatic heterocycles. The van der Waals surface area contributed by atoms with Crippen LogP contribution in [0.5, 0.6) is 0 Å². The molecule has 2 aromatic rings. The first kappa shape index (κ1) is 14.5. The Hall–Kier alpha value is -1.81. The maximum Gasteiger partial charge on any atom is 0.416 e. The van der Waals surface area contributed by atoms with Crippen LogP contribution in [-0.4, -0.2) is 33.8 Å². The molecule has 1 aliphatic carbocycles. The highest BCUT2D eigenvalue weighted by atomic mass is 16.4. The van der Waals surface area contributed by atoms with Crippen molar-refractivity contribution in [2.45, 2.75) is 44.6 Å². The molecule has 1 N–H and O–H groups in total. The number of carbonyl (C=O) groups is 1. The summed E-state index contributed by atoms with van der Waals surface area (Å²) in [6, 6.07) is 8.31. The zero-order valence-corrected chi connectivity index (χ0v) is 13.9. The SMILES string of the molecule is O=C(O)n1c2c(c3ccccc31)CCN1CC3CCCCC3CC21. The third-order valence-corrected chi connectivity index (χ3v) is 6.68. The Balaban J connectivity index is 1.66. The first-order valence-corrected chi connectivity index (χ1v) is 9.33. The molecular formula is C20H24N2O2. The van der Waals surface area contributed by atoms with Crippen LogP contribution in [0, 0.1) is 11.8 Å². The van der Waals surface area contributed by atoms with Crippen LogP contribution in [0.15, 0.2) is 24.3 Å². The Morgan fingerprint density at radius 1 is 1.12 bits per heavy atom. The van der Waals surface area contributed by atoms with Gasteiger partial charge in [-0.2, -0.15) is 0 Å². The molecular weight excluding hydrogens is 300 g/mol. The van der Waals surface area contributed by atoms with E-state index in [9.17, 15) is 9.90 Å². The van der Waals surface area contributed by atoms with Gasteiger partial charge in [-0.1, -0.05) is 37.5 Å². The highest BCUT2D eigenvalue weighted by Gasteiger charge is 2.42. The first-order valence-electron chi connectivity index (χ1n) is 9.33. The van der Waals surface area contributed by atoms with E-state index < -0.39 is 6.09 Å². The van der Waals surface area contributed by atoms with Crippen LogP contribution >= 0.6 is 0 Å². The molecule has 1 aromatic carbocycles. The van der Waals surface area contributed by atoms with Gasteiger partial charge in [-0.15, -0.1) is 0 Å². The van der Waals surface area contributed by atoms with Crippen molar-refractivity contribution in [3.8, 4) is 0 Å². The minimum Gasteiger partial charge on any atom is -0.464 e. The number of piperidine rings is 1. The number of rotatable bonds is 0. The number of benzene rings is 1. The van der Waals surface area contributed by atoms with Crippen LogP contribution in [0.25, 0.3) is 10.9 Å². The molecule has 1 saturated heterocycles. The molecule has 4 nitrogen and oxygen atoms in total. The Morgan fingerprint density at radius 2 is 1.92 bits per heavy atom. The molecule has 0 amide bonds. The minimum absolute atomic E-state index is 0.289. The van der Waals surface area contributed by atoms with Crippen LogP contribution in [0.1, 0.15) is 49.4 Å². The summed E-state index contributed by atoms with van der Waals surface area (Å²) < 4.78 is 1.59. The van der Waals surface area contributed by atoms with Gasteiger partial charge in [0.1, 0.15) is 0 Å². The third-order valence-electron chi connectivity index (χ3n) is 6.68. The summed E-state index contributed by atoms with van der Waals surface area (Å²) in [6.07, 6.45) is 6.70. The summed E-state index contributed by atoms with van der Waals surface area (Å²) >= 11 is 0. The number of fused-ring (bicyclic) bond motifs is 6. The van der Waals surface area contributed by atoms with Crippen molar-refractivity contribution in [2.24, 2.45) is 11.8 Å². The maximum atomic E-state index is 12.0. The molecule has 0 spiro atoms. The van der Waals surface area contributed by atoms with E-state index in [2.05, 4.69) is 11.0 Å². The van der Waals surface area contributed by atoms with Gasteiger partial charge < -0.3 is 5.11 Å². The lowest BCUT2D eigenvalue weighted by Crippen LogP contribution is -2.47. The lowest BCUT2D eigenvalue weighted by molar-refractivity contribution is 0.0293. The minimum atomic E-state index is -0.833. The second-order valence-corrected chi connectivity index (χ2v) is 7.80. The van der Waals surface area contributed by atoms with Gasteiger partial charge in [-0.25, -0.2) is 9.36 Å². The first-order chi connectivity index (χ1) is 11.7. The molecule has 1 saturated carbocycles. The van der Waals surface area contributed by atoms with E-state index in [1.54, 1.807) is 4.57 Å². The fourth-order valence-corrected chi connectivity index (χ4v) is 5.63. The van der Waals surface area contributed by atoms with Gasteiger partial charge in [-0.05, 0) is 42.7 Å². The molecule has 0 bridgehead atoms. The Labute approximate surface area is 142 Å². The van der Waals surface area contributed by atoms with Gasteiger partial charge in [-0.3, -0.25) is 4.90 Å². The quantitative estimate of drug-likeness (QED) is 0.787. The van der Waals surface area contributed by atoms with E-state index in [4.69, 9.17) is 0 Å². The smallest absolute Gasteiger partial charge is 0.416 e. The molecule has 0 radical (unpaired) electrons. The molecule has 3 aliphatic rings. The normalized spacial score (nSPS) is 29.8. The zero-order chi connectivity index (χ0) is 16.3. The summed E-state index contributed by atoms with van der Waals surface area (Å²) in [4.78, 5) is 14.6. The van der Waals surface area contributed by atoms with Crippen molar-refractivity contribution >= 4 is 17.0 Å². The van der Waals surface area contributed by atoms with E-state index in [1.807, 2.05) is 18.2 Å².